The smallest absolute Gasteiger partial charge is 0.119 e. The van der Waals surface area contributed by atoms with Gasteiger partial charge in [-0.25, -0.2) is 0 Å². The minimum absolute atomic E-state index is 0.153. The van der Waals surface area contributed by atoms with Crippen molar-refractivity contribution in [3.05, 3.63) is 29.8 Å². The third kappa shape index (κ3) is 2.97. The molecule has 1 atom stereocenters. The maximum Gasteiger partial charge on any atom is 0.119 e. The number of hydrogen-bond acceptors (Lipinski definition) is 3. The molecule has 88 valence electrons. The number of piperidine rings is 1. The first-order chi connectivity index (χ1) is 7.78. The zero-order chi connectivity index (χ0) is 11.4. The number of aliphatic hydroxyl groups excluding tert-OH is 1. The fourth-order valence-corrected chi connectivity index (χ4v) is 2.20. The van der Waals surface area contributed by atoms with Gasteiger partial charge < -0.3 is 9.84 Å². The molecule has 1 saturated heterocycles. The van der Waals surface area contributed by atoms with Gasteiger partial charge in [0.25, 0.3) is 0 Å². The number of benzene rings is 1. The highest BCUT2D eigenvalue weighted by Crippen LogP contribution is 2.17. The maximum atomic E-state index is 9.59. The minimum Gasteiger partial charge on any atom is -0.497 e. The highest BCUT2D eigenvalue weighted by molar-refractivity contribution is 5.28. The summed E-state index contributed by atoms with van der Waals surface area (Å²) in [4.78, 5) is 2.29. The molecule has 1 unspecified atom stereocenters. The van der Waals surface area contributed by atoms with Crippen LogP contribution in [0.3, 0.4) is 0 Å². The Hall–Kier alpha value is -1.06. The Balaban J connectivity index is 1.97. The van der Waals surface area contributed by atoms with E-state index in [0.717, 1.165) is 38.2 Å². The monoisotopic (exact) mass is 221 g/mol. The molecule has 0 bridgehead atoms. The molecule has 0 aromatic heterocycles. The summed E-state index contributed by atoms with van der Waals surface area (Å²) in [5.74, 6) is 0.898. The van der Waals surface area contributed by atoms with Gasteiger partial charge in [-0.2, -0.15) is 0 Å². The first kappa shape index (κ1) is 11.4. The molecule has 16 heavy (non-hydrogen) atoms. The summed E-state index contributed by atoms with van der Waals surface area (Å²) in [5, 5.41) is 9.59. The second kappa shape index (κ2) is 5.32. The lowest BCUT2D eigenvalue weighted by Crippen LogP contribution is -2.37. The van der Waals surface area contributed by atoms with Crippen molar-refractivity contribution in [2.75, 3.05) is 20.2 Å². The summed E-state index contributed by atoms with van der Waals surface area (Å²) >= 11 is 0. The molecule has 3 nitrogen and oxygen atoms in total. The van der Waals surface area contributed by atoms with Gasteiger partial charge in [0.15, 0.2) is 0 Å². The molecule has 1 heterocycles. The van der Waals surface area contributed by atoms with Gasteiger partial charge in [0.1, 0.15) is 5.75 Å². The van der Waals surface area contributed by atoms with Crippen LogP contribution in [0.5, 0.6) is 5.75 Å². The topological polar surface area (TPSA) is 32.7 Å². The van der Waals surface area contributed by atoms with Crippen LogP contribution in [0.2, 0.25) is 0 Å². The summed E-state index contributed by atoms with van der Waals surface area (Å²) in [7, 11) is 1.68. The van der Waals surface area contributed by atoms with E-state index in [4.69, 9.17) is 4.74 Å². The molecule has 0 radical (unpaired) electrons. The van der Waals surface area contributed by atoms with Crippen LogP contribution in [0.4, 0.5) is 0 Å². The second-order valence-electron chi connectivity index (χ2n) is 4.38. The zero-order valence-electron chi connectivity index (χ0n) is 9.72. The van der Waals surface area contributed by atoms with Crippen molar-refractivity contribution in [1.82, 2.24) is 4.90 Å². The summed E-state index contributed by atoms with van der Waals surface area (Å²) in [5.41, 5.74) is 1.24. The van der Waals surface area contributed by atoms with Crippen LogP contribution in [0.1, 0.15) is 18.4 Å². The Morgan fingerprint density at radius 1 is 1.50 bits per heavy atom. The molecule has 1 aliphatic heterocycles. The van der Waals surface area contributed by atoms with Crippen molar-refractivity contribution in [3.8, 4) is 5.75 Å². The average Bonchev–Trinajstić information content (AvgIpc) is 2.29. The largest absolute Gasteiger partial charge is 0.497 e. The molecule has 0 saturated carbocycles. The van der Waals surface area contributed by atoms with Crippen LogP contribution in [-0.2, 0) is 6.54 Å². The molecule has 1 aliphatic rings. The number of likely N-dealkylation sites (tertiary alicyclic amines) is 1. The van der Waals surface area contributed by atoms with Crippen LogP contribution in [0.15, 0.2) is 24.3 Å². The van der Waals surface area contributed by atoms with Crippen molar-refractivity contribution in [2.45, 2.75) is 25.5 Å². The number of ether oxygens (including phenoxy) is 1. The highest BCUT2D eigenvalue weighted by atomic mass is 16.5. The summed E-state index contributed by atoms with van der Waals surface area (Å²) in [6, 6.07) is 8.12. The minimum atomic E-state index is -0.153. The number of β-amino-alcohol motifs (C(OH)–C–C–N with tert-alkyl or cyclic N) is 1. The second-order valence-corrected chi connectivity index (χ2v) is 4.38. The van der Waals surface area contributed by atoms with Crippen molar-refractivity contribution in [2.24, 2.45) is 0 Å². The molecule has 1 aromatic carbocycles. The molecular formula is C13H19NO2. The van der Waals surface area contributed by atoms with E-state index in [1.807, 2.05) is 12.1 Å². The van der Waals surface area contributed by atoms with Gasteiger partial charge in [-0.05, 0) is 37.1 Å². The normalized spacial score (nSPS) is 22.0. The standard InChI is InChI=1S/C13H19NO2/c1-16-13-6-2-4-11(8-13)9-14-7-3-5-12(15)10-14/h2,4,6,8,12,15H,3,5,7,9-10H2,1H3. The Bertz CT molecular complexity index is 340. The third-order valence-electron chi connectivity index (χ3n) is 3.02. The Kier molecular flexibility index (Phi) is 3.80. The van der Waals surface area contributed by atoms with E-state index in [0.29, 0.717) is 0 Å². The molecule has 2 rings (SSSR count). The molecule has 0 amide bonds. The van der Waals surface area contributed by atoms with Crippen LogP contribution >= 0.6 is 0 Å². The SMILES string of the molecule is COc1cccc(CN2CCCC(O)C2)c1. The van der Waals surface area contributed by atoms with Gasteiger partial charge in [-0.15, -0.1) is 0 Å². The molecular weight excluding hydrogens is 202 g/mol. The molecule has 0 spiro atoms. The number of aliphatic hydroxyl groups is 1. The third-order valence-corrected chi connectivity index (χ3v) is 3.02. The Morgan fingerprint density at radius 2 is 2.38 bits per heavy atom. The summed E-state index contributed by atoms with van der Waals surface area (Å²) in [6.45, 7) is 2.76. The number of hydrogen-bond donors (Lipinski definition) is 1. The molecule has 1 aromatic rings. The van der Waals surface area contributed by atoms with E-state index in [1.165, 1.54) is 5.56 Å². The molecule has 3 heteroatoms. The maximum absolute atomic E-state index is 9.59. The van der Waals surface area contributed by atoms with E-state index in [-0.39, 0.29) is 6.10 Å². The van der Waals surface area contributed by atoms with Gasteiger partial charge in [-0.1, -0.05) is 12.1 Å². The lowest BCUT2D eigenvalue weighted by molar-refractivity contribution is 0.0668. The Labute approximate surface area is 96.6 Å². The molecule has 0 aliphatic carbocycles. The van der Waals surface area contributed by atoms with E-state index < -0.39 is 0 Å². The van der Waals surface area contributed by atoms with Crippen molar-refractivity contribution in [1.29, 1.82) is 0 Å². The summed E-state index contributed by atoms with van der Waals surface area (Å²) < 4.78 is 5.20. The quantitative estimate of drug-likeness (QED) is 0.842. The van der Waals surface area contributed by atoms with Crippen molar-refractivity contribution >= 4 is 0 Å². The summed E-state index contributed by atoms with van der Waals surface area (Å²) in [6.07, 6.45) is 1.87. The van der Waals surface area contributed by atoms with E-state index >= 15 is 0 Å². The van der Waals surface area contributed by atoms with Gasteiger partial charge in [0.2, 0.25) is 0 Å². The number of nitrogens with zero attached hydrogens (tertiary/aromatic N) is 1. The lowest BCUT2D eigenvalue weighted by Gasteiger charge is -2.29. The van der Waals surface area contributed by atoms with Crippen LogP contribution < -0.4 is 4.74 Å². The van der Waals surface area contributed by atoms with Gasteiger partial charge in [0.05, 0.1) is 13.2 Å². The predicted octanol–water partition coefficient (Wildman–Crippen LogP) is 1.65. The van der Waals surface area contributed by atoms with Crippen LogP contribution in [0, 0.1) is 0 Å². The van der Waals surface area contributed by atoms with Crippen LogP contribution in [0.25, 0.3) is 0 Å². The zero-order valence-corrected chi connectivity index (χ0v) is 9.72. The van der Waals surface area contributed by atoms with Gasteiger partial charge >= 0.3 is 0 Å². The van der Waals surface area contributed by atoms with E-state index in [9.17, 15) is 5.11 Å². The molecule has 1 fully saturated rings. The first-order valence-corrected chi connectivity index (χ1v) is 5.81. The van der Waals surface area contributed by atoms with Gasteiger partial charge in [-0.3, -0.25) is 4.90 Å². The predicted molar refractivity (Wildman–Crippen MR) is 63.5 cm³/mol. The van der Waals surface area contributed by atoms with E-state index in [2.05, 4.69) is 17.0 Å². The lowest BCUT2D eigenvalue weighted by atomic mass is 10.1. The molecule has 1 N–H and O–H groups in total. The van der Waals surface area contributed by atoms with Crippen molar-refractivity contribution in [3.63, 3.8) is 0 Å². The van der Waals surface area contributed by atoms with Crippen LogP contribution in [-0.4, -0.2) is 36.3 Å². The fraction of sp³-hybridized carbons (Fsp3) is 0.538. The number of methoxy groups -OCH3 is 1. The van der Waals surface area contributed by atoms with Gasteiger partial charge in [0, 0.05) is 13.1 Å². The number of rotatable bonds is 3. The fourth-order valence-electron chi connectivity index (χ4n) is 2.20. The highest BCUT2D eigenvalue weighted by Gasteiger charge is 2.17. The average molecular weight is 221 g/mol. The Morgan fingerprint density at radius 3 is 3.12 bits per heavy atom. The first-order valence-electron chi connectivity index (χ1n) is 5.81. The van der Waals surface area contributed by atoms with E-state index in [1.54, 1.807) is 7.11 Å². The van der Waals surface area contributed by atoms with Crippen molar-refractivity contribution < 1.29 is 9.84 Å².